The van der Waals surface area contributed by atoms with Gasteiger partial charge in [-0.1, -0.05) is 11.6 Å². The Balaban J connectivity index is 2.64. The average molecular weight is 264 g/mol. The fraction of sp³-hybridized carbons (Fsp3) is 0.231. The third kappa shape index (κ3) is 1.93. The molecule has 0 saturated heterocycles. The molecule has 2 rings (SSSR count). The summed E-state index contributed by atoms with van der Waals surface area (Å²) in [5.41, 5.74) is 2.04. The molecule has 0 heterocycles. The maximum absolute atomic E-state index is 11.0. The zero-order valence-corrected chi connectivity index (χ0v) is 10.4. The van der Waals surface area contributed by atoms with Crippen molar-refractivity contribution in [1.82, 2.24) is 0 Å². The van der Waals surface area contributed by atoms with E-state index in [1.54, 1.807) is 18.2 Å². The van der Waals surface area contributed by atoms with Gasteiger partial charge < -0.3 is 9.84 Å². The summed E-state index contributed by atoms with van der Waals surface area (Å²) in [5.74, 6) is -0.716. The number of carboxylic acids is 1. The van der Waals surface area contributed by atoms with E-state index < -0.39 is 5.97 Å². The molecule has 0 spiro atoms. The minimum Gasteiger partial charge on any atom is -0.495 e. The third-order valence-corrected chi connectivity index (χ3v) is 3.27. The van der Waals surface area contributed by atoms with E-state index in [1.807, 2.05) is 0 Å². The van der Waals surface area contributed by atoms with Crippen LogP contribution in [0.15, 0.2) is 17.7 Å². The van der Waals surface area contributed by atoms with Gasteiger partial charge in [0.05, 0.1) is 12.1 Å². The number of allylic oxidation sites excluding steroid dienone is 1. The van der Waals surface area contributed by atoms with Crippen LogP contribution in [-0.4, -0.2) is 18.2 Å². The van der Waals surface area contributed by atoms with E-state index in [0.717, 1.165) is 11.1 Å². The van der Waals surface area contributed by atoms with Crippen molar-refractivity contribution >= 4 is 23.1 Å². The van der Waals surface area contributed by atoms with E-state index in [1.165, 1.54) is 7.11 Å². The molecule has 4 nitrogen and oxygen atoms in total. The summed E-state index contributed by atoms with van der Waals surface area (Å²) in [6, 6.07) is 5.20. The summed E-state index contributed by atoms with van der Waals surface area (Å²) in [4.78, 5) is 11.0. The Labute approximate surface area is 109 Å². The Morgan fingerprint density at radius 1 is 1.50 bits per heavy atom. The zero-order valence-electron chi connectivity index (χ0n) is 9.66. The molecular weight excluding hydrogens is 254 g/mol. The standard InChI is InChI=1S/C13H10ClNO3/c1-18-12-5-9-7(4-11(12)14)2-3-8(9)10(6-15)13(16)17/h4-5H,2-3H2,1H3,(H,16,17). The lowest BCUT2D eigenvalue weighted by Crippen LogP contribution is -2.01. The van der Waals surface area contributed by atoms with Crippen molar-refractivity contribution in [1.29, 1.82) is 5.26 Å². The predicted molar refractivity (Wildman–Crippen MR) is 66.5 cm³/mol. The van der Waals surface area contributed by atoms with Crippen molar-refractivity contribution in [3.05, 3.63) is 33.9 Å². The summed E-state index contributed by atoms with van der Waals surface area (Å²) in [7, 11) is 1.49. The number of carbonyl (C=O) groups is 1. The van der Waals surface area contributed by atoms with Crippen LogP contribution in [-0.2, 0) is 11.2 Å². The van der Waals surface area contributed by atoms with Gasteiger partial charge in [0, 0.05) is 0 Å². The van der Waals surface area contributed by atoms with Crippen LogP contribution < -0.4 is 4.74 Å². The van der Waals surface area contributed by atoms with Crippen LogP contribution in [0.25, 0.3) is 5.57 Å². The van der Waals surface area contributed by atoms with Gasteiger partial charge in [-0.15, -0.1) is 0 Å². The monoisotopic (exact) mass is 263 g/mol. The highest BCUT2D eigenvalue weighted by Crippen LogP contribution is 2.39. The summed E-state index contributed by atoms with van der Waals surface area (Å²) >= 11 is 6.01. The van der Waals surface area contributed by atoms with Crippen molar-refractivity contribution in [2.75, 3.05) is 7.11 Å². The van der Waals surface area contributed by atoms with Crippen LogP contribution in [0.5, 0.6) is 5.75 Å². The van der Waals surface area contributed by atoms with Crippen molar-refractivity contribution in [2.24, 2.45) is 0 Å². The van der Waals surface area contributed by atoms with Gasteiger partial charge in [-0.25, -0.2) is 4.79 Å². The molecule has 0 aromatic heterocycles. The number of ether oxygens (including phenoxy) is 1. The number of benzene rings is 1. The first-order valence-electron chi connectivity index (χ1n) is 5.31. The van der Waals surface area contributed by atoms with E-state index in [9.17, 15) is 4.79 Å². The van der Waals surface area contributed by atoms with E-state index in [2.05, 4.69) is 0 Å². The second-order valence-electron chi connectivity index (χ2n) is 3.91. The van der Waals surface area contributed by atoms with E-state index in [0.29, 0.717) is 29.2 Å². The van der Waals surface area contributed by atoms with E-state index in [-0.39, 0.29) is 5.57 Å². The molecule has 0 radical (unpaired) electrons. The van der Waals surface area contributed by atoms with Gasteiger partial charge >= 0.3 is 5.97 Å². The Kier molecular flexibility index (Phi) is 3.26. The molecule has 0 atom stereocenters. The highest BCUT2D eigenvalue weighted by Gasteiger charge is 2.24. The highest BCUT2D eigenvalue weighted by atomic mass is 35.5. The van der Waals surface area contributed by atoms with Gasteiger partial charge in [0.25, 0.3) is 0 Å². The van der Waals surface area contributed by atoms with Crippen LogP contribution >= 0.6 is 11.6 Å². The van der Waals surface area contributed by atoms with Crippen LogP contribution in [0.2, 0.25) is 5.02 Å². The fourth-order valence-electron chi connectivity index (χ4n) is 2.14. The fourth-order valence-corrected chi connectivity index (χ4v) is 2.40. The highest BCUT2D eigenvalue weighted by molar-refractivity contribution is 6.32. The molecule has 1 aromatic rings. The number of hydrogen-bond donors (Lipinski definition) is 1. The molecule has 1 aromatic carbocycles. The van der Waals surface area contributed by atoms with E-state index in [4.69, 9.17) is 26.7 Å². The largest absolute Gasteiger partial charge is 0.495 e. The molecule has 1 aliphatic carbocycles. The molecule has 0 aliphatic heterocycles. The number of nitriles is 1. The predicted octanol–water partition coefficient (Wildman–Crippen LogP) is 2.66. The lowest BCUT2D eigenvalue weighted by atomic mass is 10.0. The summed E-state index contributed by atoms with van der Waals surface area (Å²) in [6.07, 6.45) is 1.22. The summed E-state index contributed by atoms with van der Waals surface area (Å²) < 4.78 is 5.11. The van der Waals surface area contributed by atoms with Gasteiger partial charge in [-0.2, -0.15) is 5.26 Å². The smallest absolute Gasteiger partial charge is 0.346 e. The molecule has 0 saturated carbocycles. The van der Waals surface area contributed by atoms with Crippen molar-refractivity contribution in [3.8, 4) is 11.8 Å². The Morgan fingerprint density at radius 3 is 2.78 bits per heavy atom. The Bertz CT molecular complexity index is 599. The average Bonchev–Trinajstić information content (AvgIpc) is 2.71. The molecule has 0 amide bonds. The number of aryl methyl sites for hydroxylation is 1. The molecule has 1 aliphatic rings. The SMILES string of the molecule is COc1cc2c(cc1Cl)CCC2=C(C#N)C(=O)O. The van der Waals surface area contributed by atoms with Crippen molar-refractivity contribution in [2.45, 2.75) is 12.8 Å². The number of halogens is 1. The lowest BCUT2D eigenvalue weighted by molar-refractivity contribution is -0.132. The number of hydrogen-bond acceptors (Lipinski definition) is 3. The van der Waals surface area contributed by atoms with E-state index >= 15 is 0 Å². The van der Waals surface area contributed by atoms with Crippen LogP contribution in [0, 0.1) is 11.3 Å². The number of nitrogens with zero attached hydrogens (tertiary/aromatic N) is 1. The molecule has 0 fully saturated rings. The molecule has 1 N–H and O–H groups in total. The van der Waals surface area contributed by atoms with Gasteiger partial charge in [0.15, 0.2) is 0 Å². The minimum atomic E-state index is -1.20. The first-order valence-corrected chi connectivity index (χ1v) is 5.69. The zero-order chi connectivity index (χ0) is 13.3. The number of carboxylic acid groups (broad SMARTS) is 1. The molecule has 0 unspecified atom stereocenters. The quantitative estimate of drug-likeness (QED) is 0.658. The minimum absolute atomic E-state index is 0.210. The molecule has 5 heteroatoms. The number of aliphatic carboxylic acids is 1. The van der Waals surface area contributed by atoms with Gasteiger partial charge in [0.1, 0.15) is 17.4 Å². The van der Waals surface area contributed by atoms with Crippen LogP contribution in [0.3, 0.4) is 0 Å². The molecule has 92 valence electrons. The number of rotatable bonds is 2. The lowest BCUT2D eigenvalue weighted by Gasteiger charge is -2.07. The van der Waals surface area contributed by atoms with Crippen LogP contribution in [0.1, 0.15) is 17.5 Å². The normalized spacial score (nSPS) is 15.8. The number of methoxy groups -OCH3 is 1. The van der Waals surface area contributed by atoms with Gasteiger partial charge in [0.2, 0.25) is 0 Å². The van der Waals surface area contributed by atoms with Gasteiger partial charge in [-0.05, 0) is 41.7 Å². The summed E-state index contributed by atoms with van der Waals surface area (Å²) in [6.45, 7) is 0. The Hall–Kier alpha value is -1.99. The van der Waals surface area contributed by atoms with Gasteiger partial charge in [-0.3, -0.25) is 0 Å². The molecule has 18 heavy (non-hydrogen) atoms. The Morgan fingerprint density at radius 2 is 2.22 bits per heavy atom. The second-order valence-corrected chi connectivity index (χ2v) is 4.32. The first-order chi connectivity index (χ1) is 8.58. The third-order valence-electron chi connectivity index (χ3n) is 2.97. The molecule has 0 bridgehead atoms. The second kappa shape index (κ2) is 4.71. The number of fused-ring (bicyclic) bond motifs is 1. The topological polar surface area (TPSA) is 70.3 Å². The van der Waals surface area contributed by atoms with Crippen molar-refractivity contribution < 1.29 is 14.6 Å². The maximum atomic E-state index is 11.0. The first kappa shape index (κ1) is 12.5. The molecular formula is C13H10ClNO3. The van der Waals surface area contributed by atoms with Crippen molar-refractivity contribution in [3.63, 3.8) is 0 Å². The summed E-state index contributed by atoms with van der Waals surface area (Å²) in [5, 5.41) is 18.4. The van der Waals surface area contributed by atoms with Crippen LogP contribution in [0.4, 0.5) is 0 Å². The maximum Gasteiger partial charge on any atom is 0.346 e.